The smallest absolute Gasteiger partial charge is 0.392 e. The number of hydrogen-bond donors (Lipinski definition) is 1. The standard InChI is InChI=1S/C17H16F3N3O2/c18-17(19,20)16-21-8-13(10-24)15(22-16)12-5-3-11(4-6-12)9-23-7-1-2-14(23)25/h3-6,8,24H,1-2,7,9-10H2. The largest absolute Gasteiger partial charge is 0.451 e. The molecule has 132 valence electrons. The highest BCUT2D eigenvalue weighted by Crippen LogP contribution is 2.29. The van der Waals surface area contributed by atoms with Crippen LogP contribution in [0, 0.1) is 0 Å². The van der Waals surface area contributed by atoms with Crippen LogP contribution >= 0.6 is 0 Å². The molecule has 0 radical (unpaired) electrons. The van der Waals surface area contributed by atoms with Crippen molar-refractivity contribution >= 4 is 5.91 Å². The van der Waals surface area contributed by atoms with E-state index in [0.717, 1.165) is 24.7 Å². The second-order valence-electron chi connectivity index (χ2n) is 5.84. The summed E-state index contributed by atoms with van der Waals surface area (Å²) in [5, 5.41) is 9.34. The number of halogens is 3. The minimum atomic E-state index is -4.65. The molecule has 2 aromatic rings. The molecule has 0 saturated carbocycles. The zero-order valence-electron chi connectivity index (χ0n) is 13.3. The van der Waals surface area contributed by atoms with E-state index < -0.39 is 18.6 Å². The monoisotopic (exact) mass is 351 g/mol. The molecule has 1 aliphatic heterocycles. The molecule has 1 aliphatic rings. The van der Waals surface area contributed by atoms with Crippen molar-refractivity contribution in [1.29, 1.82) is 0 Å². The van der Waals surface area contributed by atoms with Gasteiger partial charge in [-0.25, -0.2) is 9.97 Å². The molecule has 25 heavy (non-hydrogen) atoms. The number of likely N-dealkylation sites (tertiary alicyclic amines) is 1. The second-order valence-corrected chi connectivity index (χ2v) is 5.84. The molecule has 2 heterocycles. The van der Waals surface area contributed by atoms with Gasteiger partial charge < -0.3 is 10.0 Å². The molecule has 1 N–H and O–H groups in total. The van der Waals surface area contributed by atoms with Crippen molar-refractivity contribution in [2.45, 2.75) is 32.2 Å². The molecule has 0 bridgehead atoms. The molecule has 0 spiro atoms. The number of carbonyl (C=O) groups is 1. The lowest BCUT2D eigenvalue weighted by atomic mass is 10.0. The molecule has 1 amide bonds. The molecule has 3 rings (SSSR count). The summed E-state index contributed by atoms with van der Waals surface area (Å²) in [6.07, 6.45) is -2.27. The van der Waals surface area contributed by atoms with E-state index in [2.05, 4.69) is 9.97 Å². The molecule has 1 aromatic carbocycles. The SMILES string of the molecule is O=C1CCCN1Cc1ccc(-c2nc(C(F)(F)F)ncc2CO)cc1. The van der Waals surface area contributed by atoms with Crippen LogP contribution in [0.25, 0.3) is 11.3 Å². The minimum absolute atomic E-state index is 0.0497. The maximum atomic E-state index is 12.8. The van der Waals surface area contributed by atoms with Crippen molar-refractivity contribution in [3.05, 3.63) is 47.4 Å². The average Bonchev–Trinajstić information content (AvgIpc) is 2.99. The van der Waals surface area contributed by atoms with Crippen LogP contribution in [0.1, 0.15) is 29.8 Å². The highest BCUT2D eigenvalue weighted by molar-refractivity contribution is 5.78. The van der Waals surface area contributed by atoms with E-state index in [0.29, 0.717) is 18.5 Å². The highest BCUT2D eigenvalue weighted by atomic mass is 19.4. The maximum Gasteiger partial charge on any atom is 0.451 e. The van der Waals surface area contributed by atoms with Crippen LogP contribution in [0.15, 0.2) is 30.5 Å². The number of hydrogen-bond acceptors (Lipinski definition) is 4. The Labute approximate surface area is 142 Å². The Bertz CT molecular complexity index is 776. The molecule has 1 aromatic heterocycles. The number of benzene rings is 1. The molecular formula is C17H16F3N3O2. The fourth-order valence-corrected chi connectivity index (χ4v) is 2.77. The number of aromatic nitrogens is 2. The zero-order chi connectivity index (χ0) is 18.0. The third kappa shape index (κ3) is 3.79. The number of nitrogens with zero attached hydrogens (tertiary/aromatic N) is 3. The summed E-state index contributed by atoms with van der Waals surface area (Å²) in [5.74, 6) is -1.14. The molecule has 8 heteroatoms. The Morgan fingerprint density at radius 2 is 1.92 bits per heavy atom. The third-order valence-corrected chi connectivity index (χ3v) is 4.06. The van der Waals surface area contributed by atoms with E-state index in [4.69, 9.17) is 0 Å². The zero-order valence-corrected chi connectivity index (χ0v) is 13.3. The topological polar surface area (TPSA) is 66.3 Å². The van der Waals surface area contributed by atoms with Crippen molar-refractivity contribution < 1.29 is 23.1 Å². The first-order valence-electron chi connectivity index (χ1n) is 7.79. The van der Waals surface area contributed by atoms with Gasteiger partial charge in [0.25, 0.3) is 0 Å². The van der Waals surface area contributed by atoms with Crippen molar-refractivity contribution in [3.8, 4) is 11.3 Å². The number of alkyl halides is 3. The number of amides is 1. The van der Waals surface area contributed by atoms with Gasteiger partial charge in [-0.3, -0.25) is 4.79 Å². The molecular weight excluding hydrogens is 335 g/mol. The van der Waals surface area contributed by atoms with Crippen LogP contribution in [-0.2, 0) is 24.1 Å². The van der Waals surface area contributed by atoms with Crippen molar-refractivity contribution in [2.75, 3.05) is 6.54 Å². The summed E-state index contributed by atoms with van der Waals surface area (Å²) in [5.41, 5.74) is 1.60. The Kier molecular flexibility index (Phi) is 4.71. The van der Waals surface area contributed by atoms with Crippen LogP contribution in [0.5, 0.6) is 0 Å². The van der Waals surface area contributed by atoms with Gasteiger partial charge in [0.05, 0.1) is 12.3 Å². The lowest BCUT2D eigenvalue weighted by molar-refractivity contribution is -0.145. The summed E-state index contributed by atoms with van der Waals surface area (Å²) >= 11 is 0. The normalized spacial score (nSPS) is 15.0. The van der Waals surface area contributed by atoms with Crippen molar-refractivity contribution in [3.63, 3.8) is 0 Å². The number of carbonyl (C=O) groups excluding carboxylic acids is 1. The number of aliphatic hydroxyl groups is 1. The van der Waals surface area contributed by atoms with Gasteiger partial charge in [0.1, 0.15) is 0 Å². The summed E-state index contributed by atoms with van der Waals surface area (Å²) in [4.78, 5) is 20.2. The average molecular weight is 351 g/mol. The highest BCUT2D eigenvalue weighted by Gasteiger charge is 2.35. The van der Waals surface area contributed by atoms with Gasteiger partial charge in [-0.2, -0.15) is 13.2 Å². The van der Waals surface area contributed by atoms with Crippen molar-refractivity contribution in [2.24, 2.45) is 0 Å². The first-order chi connectivity index (χ1) is 11.9. The third-order valence-electron chi connectivity index (χ3n) is 4.06. The molecule has 1 fully saturated rings. The van der Waals surface area contributed by atoms with Gasteiger partial charge in [-0.05, 0) is 12.0 Å². The lowest BCUT2D eigenvalue weighted by Crippen LogP contribution is -2.23. The van der Waals surface area contributed by atoms with E-state index in [9.17, 15) is 23.1 Å². The number of rotatable bonds is 4. The molecule has 0 aliphatic carbocycles. The molecule has 5 nitrogen and oxygen atoms in total. The van der Waals surface area contributed by atoms with E-state index in [-0.39, 0.29) is 17.2 Å². The quantitative estimate of drug-likeness (QED) is 0.920. The van der Waals surface area contributed by atoms with Crippen LogP contribution in [-0.4, -0.2) is 32.4 Å². The van der Waals surface area contributed by atoms with Gasteiger partial charge >= 0.3 is 6.18 Å². The van der Waals surface area contributed by atoms with E-state index >= 15 is 0 Å². The second kappa shape index (κ2) is 6.79. The summed E-state index contributed by atoms with van der Waals surface area (Å²) in [6.45, 7) is 0.733. The Morgan fingerprint density at radius 3 is 2.48 bits per heavy atom. The fraction of sp³-hybridized carbons (Fsp3) is 0.353. The van der Waals surface area contributed by atoms with E-state index in [1.807, 2.05) is 0 Å². The molecule has 0 atom stereocenters. The minimum Gasteiger partial charge on any atom is -0.392 e. The van der Waals surface area contributed by atoms with Crippen LogP contribution in [0.4, 0.5) is 13.2 Å². The van der Waals surface area contributed by atoms with Crippen LogP contribution in [0.3, 0.4) is 0 Å². The summed E-state index contributed by atoms with van der Waals surface area (Å²) < 4.78 is 38.5. The summed E-state index contributed by atoms with van der Waals surface area (Å²) in [7, 11) is 0. The Hall–Kier alpha value is -2.48. The maximum absolute atomic E-state index is 12.8. The van der Waals surface area contributed by atoms with Crippen LogP contribution < -0.4 is 0 Å². The van der Waals surface area contributed by atoms with Gasteiger partial charge in [0.15, 0.2) is 0 Å². The predicted octanol–water partition coefficient (Wildman–Crippen LogP) is 2.78. The first-order valence-corrected chi connectivity index (χ1v) is 7.79. The van der Waals surface area contributed by atoms with E-state index in [1.165, 1.54) is 0 Å². The number of aliphatic hydroxyl groups excluding tert-OH is 1. The van der Waals surface area contributed by atoms with Gasteiger partial charge in [-0.15, -0.1) is 0 Å². The molecule has 0 unspecified atom stereocenters. The van der Waals surface area contributed by atoms with Crippen LogP contribution in [0.2, 0.25) is 0 Å². The van der Waals surface area contributed by atoms with Gasteiger partial charge in [0, 0.05) is 36.8 Å². The fourth-order valence-electron chi connectivity index (χ4n) is 2.77. The predicted molar refractivity (Wildman–Crippen MR) is 83.0 cm³/mol. The summed E-state index contributed by atoms with van der Waals surface area (Å²) in [6, 6.07) is 6.77. The van der Waals surface area contributed by atoms with Gasteiger partial charge in [0.2, 0.25) is 11.7 Å². The molecule has 1 saturated heterocycles. The Morgan fingerprint density at radius 1 is 1.20 bits per heavy atom. The lowest BCUT2D eigenvalue weighted by Gasteiger charge is -2.16. The van der Waals surface area contributed by atoms with Crippen molar-refractivity contribution in [1.82, 2.24) is 14.9 Å². The van der Waals surface area contributed by atoms with Gasteiger partial charge in [-0.1, -0.05) is 24.3 Å². The first kappa shape index (κ1) is 17.3. The van der Waals surface area contributed by atoms with E-state index in [1.54, 1.807) is 29.2 Å². The Balaban J connectivity index is 1.87.